The Bertz CT molecular complexity index is 620. The summed E-state index contributed by atoms with van der Waals surface area (Å²) in [5.74, 6) is 0.679. The molecule has 19 heavy (non-hydrogen) atoms. The third-order valence-electron chi connectivity index (χ3n) is 2.76. The van der Waals surface area contributed by atoms with Crippen LogP contribution < -0.4 is 4.74 Å². The summed E-state index contributed by atoms with van der Waals surface area (Å²) < 4.78 is 5.65. The van der Waals surface area contributed by atoms with E-state index in [4.69, 9.17) is 4.74 Å². The zero-order valence-electron chi connectivity index (χ0n) is 10.7. The van der Waals surface area contributed by atoms with Crippen LogP contribution in [0.1, 0.15) is 18.9 Å². The monoisotopic (exact) mass is 257 g/mol. The molecule has 2 rings (SSSR count). The second-order valence-electron chi connectivity index (χ2n) is 4.15. The normalized spacial score (nSPS) is 11.0. The molecule has 0 N–H and O–H groups in total. The van der Waals surface area contributed by atoms with Crippen LogP contribution in [0, 0.1) is 10.1 Å². The molecular formula is C15H15NO3. The van der Waals surface area contributed by atoms with Crippen LogP contribution in [0.5, 0.6) is 5.75 Å². The summed E-state index contributed by atoms with van der Waals surface area (Å²) in [4.78, 5) is 10.0. The average molecular weight is 257 g/mol. The minimum Gasteiger partial charge on any atom is -0.493 e. The molecule has 0 aliphatic heterocycles. The van der Waals surface area contributed by atoms with Gasteiger partial charge in [0, 0.05) is 11.6 Å². The second kappa shape index (κ2) is 6.00. The zero-order chi connectivity index (χ0) is 13.7. The van der Waals surface area contributed by atoms with E-state index in [1.807, 2.05) is 43.3 Å². The van der Waals surface area contributed by atoms with Crippen molar-refractivity contribution >= 4 is 16.8 Å². The number of hydrogen-bond donors (Lipinski definition) is 0. The molecule has 0 amide bonds. The topological polar surface area (TPSA) is 52.4 Å². The van der Waals surface area contributed by atoms with Gasteiger partial charge in [-0.25, -0.2) is 0 Å². The fourth-order valence-corrected chi connectivity index (χ4v) is 1.92. The largest absolute Gasteiger partial charge is 0.493 e. The van der Waals surface area contributed by atoms with E-state index in [9.17, 15) is 10.1 Å². The Kier molecular flexibility index (Phi) is 4.13. The average Bonchev–Trinajstić information content (AvgIpc) is 2.42. The van der Waals surface area contributed by atoms with Crippen molar-refractivity contribution in [2.45, 2.75) is 13.3 Å². The summed E-state index contributed by atoms with van der Waals surface area (Å²) >= 11 is 0. The maximum Gasteiger partial charge on any atom is 0.235 e. The Labute approximate surface area is 111 Å². The highest BCUT2D eigenvalue weighted by Crippen LogP contribution is 2.29. The fourth-order valence-electron chi connectivity index (χ4n) is 1.92. The molecule has 0 heterocycles. The Morgan fingerprint density at radius 1 is 1.26 bits per heavy atom. The van der Waals surface area contributed by atoms with Crippen LogP contribution in [0.3, 0.4) is 0 Å². The summed E-state index contributed by atoms with van der Waals surface area (Å²) in [6, 6.07) is 11.6. The highest BCUT2D eigenvalue weighted by Gasteiger charge is 2.07. The quantitative estimate of drug-likeness (QED) is 0.603. The van der Waals surface area contributed by atoms with Crippen molar-refractivity contribution in [1.82, 2.24) is 0 Å². The molecule has 0 fully saturated rings. The van der Waals surface area contributed by atoms with Gasteiger partial charge in [0.2, 0.25) is 6.20 Å². The van der Waals surface area contributed by atoms with Gasteiger partial charge in [0.15, 0.2) is 0 Å². The highest BCUT2D eigenvalue weighted by atomic mass is 16.6. The van der Waals surface area contributed by atoms with E-state index in [-0.39, 0.29) is 0 Å². The standard InChI is InChI=1S/C15H15NO3/c1-2-11-19-15-8-7-12-5-3-4-6-13(12)14(15)9-10-16(17)18/h3-10H,2,11H2,1H3/b10-9-. The number of hydrogen-bond acceptors (Lipinski definition) is 3. The van der Waals surface area contributed by atoms with Gasteiger partial charge in [0.1, 0.15) is 5.75 Å². The molecule has 0 saturated carbocycles. The fraction of sp³-hybridized carbons (Fsp3) is 0.200. The zero-order valence-corrected chi connectivity index (χ0v) is 10.7. The van der Waals surface area contributed by atoms with Crippen LogP contribution in [-0.2, 0) is 0 Å². The third-order valence-corrected chi connectivity index (χ3v) is 2.76. The van der Waals surface area contributed by atoms with E-state index in [0.29, 0.717) is 12.4 Å². The SMILES string of the molecule is CCCOc1ccc2ccccc2c1/C=C\[N+](=O)[O-]. The molecule has 4 nitrogen and oxygen atoms in total. The number of fused-ring (bicyclic) bond motifs is 1. The lowest BCUT2D eigenvalue weighted by Gasteiger charge is -2.10. The van der Waals surface area contributed by atoms with Gasteiger partial charge in [-0.05, 0) is 23.3 Å². The van der Waals surface area contributed by atoms with E-state index in [1.165, 1.54) is 6.08 Å². The summed E-state index contributed by atoms with van der Waals surface area (Å²) in [5, 5.41) is 12.5. The van der Waals surface area contributed by atoms with Crippen LogP contribution in [0.4, 0.5) is 0 Å². The van der Waals surface area contributed by atoms with Crippen molar-refractivity contribution in [3.8, 4) is 5.75 Å². The molecule has 2 aromatic carbocycles. The molecule has 98 valence electrons. The maximum absolute atomic E-state index is 10.5. The predicted octanol–water partition coefficient (Wildman–Crippen LogP) is 3.88. The molecule has 0 saturated heterocycles. The van der Waals surface area contributed by atoms with Gasteiger partial charge in [0.25, 0.3) is 0 Å². The van der Waals surface area contributed by atoms with Crippen molar-refractivity contribution in [3.63, 3.8) is 0 Å². The van der Waals surface area contributed by atoms with Crippen LogP contribution in [-0.4, -0.2) is 11.5 Å². The summed E-state index contributed by atoms with van der Waals surface area (Å²) in [7, 11) is 0. The molecule has 0 bridgehead atoms. The Balaban J connectivity index is 2.54. The van der Waals surface area contributed by atoms with Crippen LogP contribution >= 0.6 is 0 Å². The third kappa shape index (κ3) is 3.10. The van der Waals surface area contributed by atoms with Gasteiger partial charge < -0.3 is 4.74 Å². The maximum atomic E-state index is 10.5. The highest BCUT2D eigenvalue weighted by molar-refractivity contribution is 5.93. The molecule has 4 heteroatoms. The molecule has 2 aromatic rings. The van der Waals surface area contributed by atoms with Crippen molar-refractivity contribution in [2.24, 2.45) is 0 Å². The van der Waals surface area contributed by atoms with Gasteiger partial charge >= 0.3 is 0 Å². The summed E-state index contributed by atoms with van der Waals surface area (Å²) in [5.41, 5.74) is 0.753. The lowest BCUT2D eigenvalue weighted by Crippen LogP contribution is -1.97. The summed E-state index contributed by atoms with van der Waals surface area (Å²) in [6.07, 6.45) is 3.33. The number of ether oxygens (including phenoxy) is 1. The van der Waals surface area contributed by atoms with Crippen LogP contribution in [0.25, 0.3) is 16.8 Å². The van der Waals surface area contributed by atoms with Crippen molar-refractivity contribution < 1.29 is 9.66 Å². The van der Waals surface area contributed by atoms with Gasteiger partial charge in [-0.15, -0.1) is 0 Å². The molecular weight excluding hydrogens is 242 g/mol. The molecule has 0 aliphatic carbocycles. The van der Waals surface area contributed by atoms with Gasteiger partial charge in [0.05, 0.1) is 11.5 Å². The van der Waals surface area contributed by atoms with Crippen molar-refractivity contribution in [3.05, 3.63) is 58.3 Å². The first-order valence-corrected chi connectivity index (χ1v) is 6.18. The lowest BCUT2D eigenvalue weighted by molar-refractivity contribution is -0.400. The van der Waals surface area contributed by atoms with E-state index in [0.717, 1.165) is 29.0 Å². The molecule has 0 radical (unpaired) electrons. The second-order valence-corrected chi connectivity index (χ2v) is 4.15. The number of rotatable bonds is 5. The first-order valence-electron chi connectivity index (χ1n) is 6.18. The summed E-state index contributed by atoms with van der Waals surface area (Å²) in [6.45, 7) is 2.62. The van der Waals surface area contributed by atoms with Crippen molar-refractivity contribution in [2.75, 3.05) is 6.61 Å². The van der Waals surface area contributed by atoms with E-state index >= 15 is 0 Å². The Morgan fingerprint density at radius 2 is 2.05 bits per heavy atom. The molecule has 0 aromatic heterocycles. The predicted molar refractivity (Wildman–Crippen MR) is 75.8 cm³/mol. The molecule has 0 atom stereocenters. The van der Waals surface area contributed by atoms with Gasteiger partial charge in [-0.1, -0.05) is 37.3 Å². The first kappa shape index (κ1) is 13.1. The number of benzene rings is 2. The first-order chi connectivity index (χ1) is 9.22. The smallest absolute Gasteiger partial charge is 0.235 e. The minimum atomic E-state index is -0.467. The van der Waals surface area contributed by atoms with Gasteiger partial charge in [-0.3, -0.25) is 10.1 Å². The van der Waals surface area contributed by atoms with E-state index in [2.05, 4.69) is 0 Å². The van der Waals surface area contributed by atoms with Crippen molar-refractivity contribution in [1.29, 1.82) is 0 Å². The molecule has 0 aliphatic rings. The Morgan fingerprint density at radius 3 is 2.79 bits per heavy atom. The minimum absolute atomic E-state index is 0.467. The molecule has 0 unspecified atom stereocenters. The Hall–Kier alpha value is -2.36. The van der Waals surface area contributed by atoms with Gasteiger partial charge in [-0.2, -0.15) is 0 Å². The molecule has 0 spiro atoms. The lowest BCUT2D eigenvalue weighted by atomic mass is 10.0. The number of nitrogens with zero attached hydrogens (tertiary/aromatic N) is 1. The number of nitro groups is 1. The van der Waals surface area contributed by atoms with E-state index < -0.39 is 4.92 Å². The van der Waals surface area contributed by atoms with Crippen LogP contribution in [0.15, 0.2) is 42.6 Å². The van der Waals surface area contributed by atoms with E-state index in [1.54, 1.807) is 0 Å². The van der Waals surface area contributed by atoms with Crippen LogP contribution in [0.2, 0.25) is 0 Å².